The number of hydrogen-bond donors (Lipinski definition) is 1. The lowest BCUT2D eigenvalue weighted by Gasteiger charge is -2.28. The summed E-state index contributed by atoms with van der Waals surface area (Å²) in [7, 11) is 0. The quantitative estimate of drug-likeness (QED) is 0.589. The molecule has 0 saturated carbocycles. The number of aromatic hydroxyl groups is 1. The number of nitrogens with zero attached hydrogens (tertiary/aromatic N) is 6. The maximum atomic E-state index is 10.5. The predicted octanol–water partition coefficient (Wildman–Crippen LogP) is 2.42. The minimum atomic E-state index is 0.0278. The van der Waals surface area contributed by atoms with Gasteiger partial charge < -0.3 is 14.7 Å². The highest BCUT2D eigenvalue weighted by Gasteiger charge is 2.21. The Morgan fingerprint density at radius 3 is 2.61 bits per heavy atom. The van der Waals surface area contributed by atoms with Crippen molar-refractivity contribution in [1.82, 2.24) is 24.7 Å². The Balaban J connectivity index is 1.64. The van der Waals surface area contributed by atoms with Gasteiger partial charge in [0.15, 0.2) is 23.1 Å². The van der Waals surface area contributed by atoms with Crippen molar-refractivity contribution in [3.63, 3.8) is 0 Å². The van der Waals surface area contributed by atoms with Crippen molar-refractivity contribution in [2.75, 3.05) is 31.2 Å². The number of aromatic nitrogens is 5. The minimum absolute atomic E-state index is 0.0278. The first-order chi connectivity index (χ1) is 13.8. The molecular formula is C20H18N6O2. The van der Waals surface area contributed by atoms with Crippen molar-refractivity contribution in [1.29, 1.82) is 0 Å². The molecule has 8 nitrogen and oxygen atoms in total. The molecule has 0 spiro atoms. The summed E-state index contributed by atoms with van der Waals surface area (Å²) in [5.41, 5.74) is 2.63. The third-order valence-corrected chi connectivity index (χ3v) is 4.67. The van der Waals surface area contributed by atoms with Crippen molar-refractivity contribution in [3.8, 4) is 23.0 Å². The summed E-state index contributed by atoms with van der Waals surface area (Å²) in [5, 5.41) is 15.0. The van der Waals surface area contributed by atoms with E-state index in [1.807, 2.05) is 42.5 Å². The van der Waals surface area contributed by atoms with E-state index in [0.717, 1.165) is 30.1 Å². The third kappa shape index (κ3) is 2.93. The zero-order chi connectivity index (χ0) is 18.9. The Kier molecular flexibility index (Phi) is 4.10. The molecule has 0 atom stereocenters. The van der Waals surface area contributed by atoms with E-state index in [0.29, 0.717) is 30.2 Å². The molecule has 1 aliphatic heterocycles. The molecule has 4 aromatic rings. The zero-order valence-electron chi connectivity index (χ0n) is 15.1. The molecule has 0 amide bonds. The second-order valence-electron chi connectivity index (χ2n) is 6.48. The highest BCUT2D eigenvalue weighted by atomic mass is 16.5. The lowest BCUT2D eigenvalue weighted by molar-refractivity contribution is 0.122. The molecule has 1 aliphatic rings. The van der Waals surface area contributed by atoms with Gasteiger partial charge in [0.25, 0.3) is 0 Å². The standard InChI is InChI=1S/C20H18N6O2/c27-16-13-26(14-5-2-1-3-6-14)24-18(16)19-22-15-7-4-8-21-17(15)20(23-19)25-9-11-28-12-10-25/h1-8,13,27H,9-12H2. The first-order valence-electron chi connectivity index (χ1n) is 9.09. The summed E-state index contributed by atoms with van der Waals surface area (Å²) < 4.78 is 7.08. The van der Waals surface area contributed by atoms with Crippen LogP contribution in [0.1, 0.15) is 0 Å². The van der Waals surface area contributed by atoms with Gasteiger partial charge in [0.2, 0.25) is 0 Å². The van der Waals surface area contributed by atoms with Gasteiger partial charge in [0.05, 0.1) is 30.6 Å². The fourth-order valence-electron chi connectivity index (χ4n) is 3.29. The van der Waals surface area contributed by atoms with Crippen LogP contribution in [0.25, 0.3) is 28.2 Å². The van der Waals surface area contributed by atoms with Gasteiger partial charge in [-0.3, -0.25) is 4.98 Å². The van der Waals surface area contributed by atoms with Gasteiger partial charge in [-0.2, -0.15) is 5.10 Å². The number of pyridine rings is 1. The Morgan fingerprint density at radius 1 is 0.964 bits per heavy atom. The molecule has 1 N–H and O–H groups in total. The first kappa shape index (κ1) is 16.6. The summed E-state index contributed by atoms with van der Waals surface area (Å²) in [6.07, 6.45) is 3.30. The molecule has 140 valence electrons. The van der Waals surface area contributed by atoms with Crippen LogP contribution >= 0.6 is 0 Å². The normalized spacial score (nSPS) is 14.5. The summed E-state index contributed by atoms with van der Waals surface area (Å²) in [6.45, 7) is 2.74. The minimum Gasteiger partial charge on any atom is -0.504 e. The smallest absolute Gasteiger partial charge is 0.186 e. The highest BCUT2D eigenvalue weighted by molar-refractivity contribution is 5.87. The van der Waals surface area contributed by atoms with Gasteiger partial charge in [-0.15, -0.1) is 0 Å². The van der Waals surface area contributed by atoms with Crippen LogP contribution in [0.5, 0.6) is 5.75 Å². The molecule has 0 radical (unpaired) electrons. The van der Waals surface area contributed by atoms with E-state index in [9.17, 15) is 5.11 Å². The fourth-order valence-corrected chi connectivity index (χ4v) is 3.29. The van der Waals surface area contributed by atoms with E-state index in [2.05, 4.69) is 20.0 Å². The average molecular weight is 374 g/mol. The van der Waals surface area contributed by atoms with Crippen LogP contribution < -0.4 is 4.90 Å². The zero-order valence-corrected chi connectivity index (χ0v) is 15.1. The maximum Gasteiger partial charge on any atom is 0.186 e. The lowest BCUT2D eigenvalue weighted by atomic mass is 10.3. The van der Waals surface area contributed by atoms with E-state index in [-0.39, 0.29) is 5.75 Å². The Labute approximate surface area is 161 Å². The highest BCUT2D eigenvalue weighted by Crippen LogP contribution is 2.30. The topological polar surface area (TPSA) is 89.2 Å². The molecule has 3 aromatic heterocycles. The van der Waals surface area contributed by atoms with Crippen LogP contribution in [0.3, 0.4) is 0 Å². The van der Waals surface area contributed by atoms with Gasteiger partial charge >= 0.3 is 0 Å². The van der Waals surface area contributed by atoms with E-state index >= 15 is 0 Å². The number of ether oxygens (including phenoxy) is 1. The van der Waals surface area contributed by atoms with Crippen molar-refractivity contribution < 1.29 is 9.84 Å². The molecule has 0 bridgehead atoms. The van der Waals surface area contributed by atoms with Crippen LogP contribution in [0.15, 0.2) is 54.9 Å². The Morgan fingerprint density at radius 2 is 1.79 bits per heavy atom. The van der Waals surface area contributed by atoms with Gasteiger partial charge in [-0.05, 0) is 24.3 Å². The van der Waals surface area contributed by atoms with Crippen LogP contribution in [0.4, 0.5) is 5.82 Å². The first-order valence-corrected chi connectivity index (χ1v) is 9.09. The third-order valence-electron chi connectivity index (χ3n) is 4.67. The Bertz CT molecular complexity index is 1120. The molecule has 4 heterocycles. The van der Waals surface area contributed by atoms with Crippen LogP contribution in [-0.4, -0.2) is 56.1 Å². The van der Waals surface area contributed by atoms with E-state index < -0.39 is 0 Å². The molecular weight excluding hydrogens is 356 g/mol. The molecule has 8 heteroatoms. The monoisotopic (exact) mass is 374 g/mol. The molecule has 1 fully saturated rings. The molecule has 5 rings (SSSR count). The second-order valence-corrected chi connectivity index (χ2v) is 6.48. The van der Waals surface area contributed by atoms with Crippen molar-refractivity contribution in [2.45, 2.75) is 0 Å². The maximum absolute atomic E-state index is 10.5. The van der Waals surface area contributed by atoms with Gasteiger partial charge in [0.1, 0.15) is 5.52 Å². The van der Waals surface area contributed by atoms with E-state index in [4.69, 9.17) is 9.72 Å². The molecule has 0 unspecified atom stereocenters. The van der Waals surface area contributed by atoms with Crippen molar-refractivity contribution >= 4 is 16.9 Å². The molecule has 0 aliphatic carbocycles. The van der Waals surface area contributed by atoms with Gasteiger partial charge in [0, 0.05) is 19.3 Å². The average Bonchev–Trinajstić information content (AvgIpc) is 3.16. The van der Waals surface area contributed by atoms with E-state index in [1.54, 1.807) is 17.1 Å². The van der Waals surface area contributed by atoms with Gasteiger partial charge in [-0.1, -0.05) is 18.2 Å². The van der Waals surface area contributed by atoms with Crippen molar-refractivity contribution in [2.24, 2.45) is 0 Å². The summed E-state index contributed by atoms with van der Waals surface area (Å²) >= 11 is 0. The largest absolute Gasteiger partial charge is 0.504 e. The summed E-state index contributed by atoms with van der Waals surface area (Å²) in [6, 6.07) is 13.3. The van der Waals surface area contributed by atoms with Crippen LogP contribution in [0.2, 0.25) is 0 Å². The molecule has 28 heavy (non-hydrogen) atoms. The number of anilines is 1. The number of benzene rings is 1. The number of hydrogen-bond acceptors (Lipinski definition) is 7. The van der Waals surface area contributed by atoms with Crippen LogP contribution in [-0.2, 0) is 4.74 Å². The number of rotatable bonds is 3. The molecule has 1 aromatic carbocycles. The SMILES string of the molecule is Oc1cn(-c2ccccc2)nc1-c1nc(N2CCOCC2)c2ncccc2n1. The predicted molar refractivity (Wildman–Crippen MR) is 105 cm³/mol. The number of morpholine rings is 1. The summed E-state index contributed by atoms with van der Waals surface area (Å²) in [5.74, 6) is 1.13. The summed E-state index contributed by atoms with van der Waals surface area (Å²) in [4.78, 5) is 15.9. The van der Waals surface area contributed by atoms with Crippen molar-refractivity contribution in [3.05, 3.63) is 54.9 Å². The lowest BCUT2D eigenvalue weighted by Crippen LogP contribution is -2.37. The van der Waals surface area contributed by atoms with Gasteiger partial charge in [-0.25, -0.2) is 14.6 Å². The Hall–Kier alpha value is -3.52. The second kappa shape index (κ2) is 6.90. The fraction of sp³-hybridized carbons (Fsp3) is 0.200. The number of fused-ring (bicyclic) bond motifs is 1. The molecule has 1 saturated heterocycles. The van der Waals surface area contributed by atoms with E-state index in [1.165, 1.54) is 0 Å². The number of para-hydroxylation sites is 1. The van der Waals surface area contributed by atoms with Crippen LogP contribution in [0, 0.1) is 0 Å².